The number of benzene rings is 3. The third-order valence-electron chi connectivity index (χ3n) is 7.36. The first kappa shape index (κ1) is 35.2. The quantitative estimate of drug-likeness (QED) is 0.175. The second-order valence-corrected chi connectivity index (χ2v) is 11.1. The molecule has 0 aliphatic rings. The third kappa shape index (κ3) is 8.98. The molecule has 6 nitrogen and oxygen atoms in total. The second-order valence-electron chi connectivity index (χ2n) is 11.1. The Morgan fingerprint density at radius 2 is 1.36 bits per heavy atom. The van der Waals surface area contributed by atoms with E-state index in [9.17, 15) is 49.1 Å². The standard InChI is InChI=1S/C32H29F9N4O2/c1-19(2)45(29(47)43-25-14-23(31(36,37)38)13-24(15-25)32(39,40)41)18-28(46)44(17-20-7-9-22(10-8-20)30(33,34)35)12-11-21-16-42-27-6-4-3-5-26(21)27/h3-10,13-16,19,42H,11-12,17-18H2,1-2H3,(H,43,47). The Bertz CT molecular complexity index is 1680. The van der Waals surface area contributed by atoms with E-state index in [1.807, 2.05) is 29.6 Å². The van der Waals surface area contributed by atoms with Crippen LogP contribution in [0.4, 0.5) is 50.0 Å². The number of alkyl halides is 9. The topological polar surface area (TPSA) is 68.4 Å². The van der Waals surface area contributed by atoms with Gasteiger partial charge in [-0.25, -0.2) is 4.79 Å². The number of halogens is 9. The highest BCUT2D eigenvalue weighted by atomic mass is 19.4. The highest BCUT2D eigenvalue weighted by Gasteiger charge is 2.37. The van der Waals surface area contributed by atoms with Crippen LogP contribution < -0.4 is 5.32 Å². The Kier molecular flexibility index (Phi) is 10.2. The molecule has 15 heteroatoms. The van der Waals surface area contributed by atoms with Crippen molar-refractivity contribution >= 4 is 28.5 Å². The summed E-state index contributed by atoms with van der Waals surface area (Å²) < 4.78 is 119. The molecule has 0 spiro atoms. The second kappa shape index (κ2) is 13.6. The molecule has 0 aliphatic heterocycles. The van der Waals surface area contributed by atoms with Crippen LogP contribution in [0.1, 0.15) is 41.7 Å². The van der Waals surface area contributed by atoms with E-state index >= 15 is 0 Å². The van der Waals surface area contributed by atoms with Gasteiger partial charge in [-0.3, -0.25) is 4.79 Å². The van der Waals surface area contributed by atoms with Crippen molar-refractivity contribution < 1.29 is 49.1 Å². The molecule has 0 bridgehead atoms. The summed E-state index contributed by atoms with van der Waals surface area (Å²) in [6, 6.07) is 10.3. The van der Waals surface area contributed by atoms with Gasteiger partial charge in [0.05, 0.1) is 16.7 Å². The summed E-state index contributed by atoms with van der Waals surface area (Å²) in [5.41, 5.74) is -2.89. The van der Waals surface area contributed by atoms with Crippen molar-refractivity contribution in [3.63, 3.8) is 0 Å². The molecule has 4 rings (SSSR count). The van der Waals surface area contributed by atoms with Crippen LogP contribution in [0.15, 0.2) is 72.9 Å². The lowest BCUT2D eigenvalue weighted by Crippen LogP contribution is -2.47. The molecule has 0 fully saturated rings. The number of nitrogens with zero attached hydrogens (tertiary/aromatic N) is 2. The van der Waals surface area contributed by atoms with Crippen LogP contribution >= 0.6 is 0 Å². The maximum absolute atomic E-state index is 13.7. The molecule has 252 valence electrons. The number of nitrogens with one attached hydrogen (secondary N) is 2. The summed E-state index contributed by atoms with van der Waals surface area (Å²) in [7, 11) is 0. The van der Waals surface area contributed by atoms with Crippen LogP contribution in [0.3, 0.4) is 0 Å². The van der Waals surface area contributed by atoms with Crippen molar-refractivity contribution in [3.05, 3.63) is 101 Å². The van der Waals surface area contributed by atoms with E-state index in [1.165, 1.54) is 30.9 Å². The lowest BCUT2D eigenvalue weighted by molar-refractivity contribution is -0.143. The van der Waals surface area contributed by atoms with Crippen LogP contribution in [-0.4, -0.2) is 45.9 Å². The van der Waals surface area contributed by atoms with Gasteiger partial charge in [0.25, 0.3) is 0 Å². The molecule has 3 aromatic carbocycles. The fraction of sp³-hybridized carbons (Fsp3) is 0.312. The zero-order valence-electron chi connectivity index (χ0n) is 24.9. The minimum Gasteiger partial charge on any atom is -0.361 e. The van der Waals surface area contributed by atoms with Gasteiger partial charge >= 0.3 is 24.6 Å². The molecule has 47 heavy (non-hydrogen) atoms. The van der Waals surface area contributed by atoms with E-state index in [2.05, 4.69) is 4.98 Å². The first-order chi connectivity index (χ1) is 21.8. The van der Waals surface area contributed by atoms with Crippen molar-refractivity contribution in [1.29, 1.82) is 0 Å². The minimum atomic E-state index is -5.14. The number of carbonyl (C=O) groups excluding carboxylic acids is 2. The number of fused-ring (bicyclic) bond motifs is 1. The molecule has 0 saturated heterocycles. The van der Waals surface area contributed by atoms with E-state index in [0.29, 0.717) is 24.1 Å². The lowest BCUT2D eigenvalue weighted by atomic mass is 10.1. The smallest absolute Gasteiger partial charge is 0.361 e. The van der Waals surface area contributed by atoms with Crippen LogP contribution in [0.25, 0.3) is 10.9 Å². The number of amides is 3. The van der Waals surface area contributed by atoms with E-state index < -0.39 is 65.4 Å². The Balaban J connectivity index is 1.58. The van der Waals surface area contributed by atoms with Gasteiger partial charge in [0.1, 0.15) is 6.54 Å². The van der Waals surface area contributed by atoms with Crippen LogP contribution in [0, 0.1) is 0 Å². The molecule has 1 heterocycles. The number of urea groups is 1. The highest BCUT2D eigenvalue weighted by Crippen LogP contribution is 2.37. The monoisotopic (exact) mass is 672 g/mol. The van der Waals surface area contributed by atoms with Crippen molar-refractivity contribution in [2.45, 2.75) is 51.4 Å². The zero-order valence-corrected chi connectivity index (χ0v) is 24.9. The molecule has 0 unspecified atom stereocenters. The van der Waals surface area contributed by atoms with Gasteiger partial charge < -0.3 is 20.1 Å². The first-order valence-corrected chi connectivity index (χ1v) is 14.2. The number of para-hydroxylation sites is 1. The molecule has 0 saturated carbocycles. The Labute approximate surface area is 263 Å². The van der Waals surface area contributed by atoms with Crippen molar-refractivity contribution in [1.82, 2.24) is 14.8 Å². The number of anilines is 1. The summed E-state index contributed by atoms with van der Waals surface area (Å²) >= 11 is 0. The zero-order chi connectivity index (χ0) is 34.7. The van der Waals surface area contributed by atoms with Crippen molar-refractivity contribution in [3.8, 4) is 0 Å². The largest absolute Gasteiger partial charge is 0.416 e. The Morgan fingerprint density at radius 1 is 0.787 bits per heavy atom. The Morgan fingerprint density at radius 3 is 1.91 bits per heavy atom. The van der Waals surface area contributed by atoms with Gasteiger partial charge in [-0.1, -0.05) is 30.3 Å². The number of hydrogen-bond donors (Lipinski definition) is 2. The average molecular weight is 673 g/mol. The SMILES string of the molecule is CC(C)N(CC(=O)N(CCc1c[nH]c2ccccc12)Cc1ccc(C(F)(F)F)cc1)C(=O)Nc1cc(C(F)(F)F)cc(C(F)(F)F)c1. The van der Waals surface area contributed by atoms with Gasteiger partial charge in [-0.05, 0) is 67.8 Å². The van der Waals surface area contributed by atoms with Gasteiger partial charge in [0.15, 0.2) is 0 Å². The fourth-order valence-corrected chi connectivity index (χ4v) is 4.86. The average Bonchev–Trinajstić information content (AvgIpc) is 3.39. The van der Waals surface area contributed by atoms with E-state index in [-0.39, 0.29) is 19.2 Å². The molecule has 0 aliphatic carbocycles. The maximum atomic E-state index is 13.7. The van der Waals surface area contributed by atoms with Crippen LogP contribution in [-0.2, 0) is 36.3 Å². The van der Waals surface area contributed by atoms with Gasteiger partial charge in [0, 0.05) is 41.9 Å². The first-order valence-electron chi connectivity index (χ1n) is 14.2. The third-order valence-corrected chi connectivity index (χ3v) is 7.36. The summed E-state index contributed by atoms with van der Waals surface area (Å²) in [5.74, 6) is -0.659. The lowest BCUT2D eigenvalue weighted by Gasteiger charge is -2.30. The van der Waals surface area contributed by atoms with Crippen molar-refractivity contribution in [2.24, 2.45) is 0 Å². The fourth-order valence-electron chi connectivity index (χ4n) is 4.86. The summed E-state index contributed by atoms with van der Waals surface area (Å²) in [5, 5.41) is 2.93. The van der Waals surface area contributed by atoms with E-state index in [1.54, 1.807) is 6.20 Å². The van der Waals surface area contributed by atoms with E-state index in [4.69, 9.17) is 0 Å². The summed E-state index contributed by atoms with van der Waals surface area (Å²) in [4.78, 5) is 32.2. The maximum Gasteiger partial charge on any atom is 0.416 e. The number of H-pyrrole nitrogens is 1. The molecule has 0 radical (unpaired) electrons. The molecule has 3 amide bonds. The predicted molar refractivity (Wildman–Crippen MR) is 156 cm³/mol. The van der Waals surface area contributed by atoms with Crippen molar-refractivity contribution in [2.75, 3.05) is 18.4 Å². The summed E-state index contributed by atoms with van der Waals surface area (Å²) in [6.45, 7) is 2.27. The van der Waals surface area contributed by atoms with Gasteiger partial charge in [0.2, 0.25) is 5.91 Å². The number of aromatic nitrogens is 1. The highest BCUT2D eigenvalue weighted by molar-refractivity contribution is 5.93. The number of carbonyl (C=O) groups is 2. The number of hydrogen-bond acceptors (Lipinski definition) is 2. The molecular formula is C32H29F9N4O2. The Hall–Kier alpha value is -4.69. The minimum absolute atomic E-state index is 0.0673. The van der Waals surface area contributed by atoms with E-state index in [0.717, 1.165) is 33.5 Å². The molecular weight excluding hydrogens is 643 g/mol. The molecule has 0 atom stereocenters. The van der Waals surface area contributed by atoms with Gasteiger partial charge in [-0.15, -0.1) is 0 Å². The van der Waals surface area contributed by atoms with Crippen LogP contribution in [0.2, 0.25) is 0 Å². The normalized spacial score (nSPS) is 12.4. The van der Waals surface area contributed by atoms with Crippen LogP contribution in [0.5, 0.6) is 0 Å². The number of rotatable bonds is 9. The van der Waals surface area contributed by atoms with Gasteiger partial charge in [-0.2, -0.15) is 39.5 Å². The molecule has 4 aromatic rings. The summed E-state index contributed by atoms with van der Waals surface area (Å²) in [6.07, 6.45) is -12.8. The molecule has 1 aromatic heterocycles. The number of aromatic amines is 1. The molecule has 2 N–H and O–H groups in total. The predicted octanol–water partition coefficient (Wildman–Crippen LogP) is 8.74.